The zero-order valence-electron chi connectivity index (χ0n) is 20.8. The van der Waals surface area contributed by atoms with Crippen molar-refractivity contribution in [3.8, 4) is 17.4 Å². The van der Waals surface area contributed by atoms with Gasteiger partial charge in [0.1, 0.15) is 11.5 Å². The van der Waals surface area contributed by atoms with Crippen LogP contribution in [0.25, 0.3) is 21.7 Å². The molecule has 3 aromatic heterocycles. The minimum absolute atomic E-state index is 0.514. The molecule has 0 amide bonds. The molecule has 0 unspecified atom stereocenters. The van der Waals surface area contributed by atoms with Gasteiger partial charge in [0.05, 0.1) is 18.0 Å². The van der Waals surface area contributed by atoms with Gasteiger partial charge in [-0.1, -0.05) is 24.3 Å². The summed E-state index contributed by atoms with van der Waals surface area (Å²) in [5, 5.41) is 15.6. The Hall–Kier alpha value is -4.50. The fourth-order valence-corrected chi connectivity index (χ4v) is 4.50. The number of piperazine rings is 1. The van der Waals surface area contributed by atoms with E-state index in [1.54, 1.807) is 25.6 Å². The first kappa shape index (κ1) is 22.9. The third kappa shape index (κ3) is 4.68. The number of ether oxygens (including phenoxy) is 2. The maximum Gasteiger partial charge on any atom is 0.215 e. The number of nitrogens with one attached hydrogen (secondary N) is 1. The van der Waals surface area contributed by atoms with E-state index in [1.165, 1.54) is 0 Å². The predicted octanol–water partition coefficient (Wildman–Crippen LogP) is 4.87. The Morgan fingerprint density at radius 2 is 1.62 bits per heavy atom. The summed E-state index contributed by atoms with van der Waals surface area (Å²) < 4.78 is 11.3. The molecule has 186 valence electrons. The highest BCUT2D eigenvalue weighted by atomic mass is 16.5. The highest BCUT2D eigenvalue weighted by molar-refractivity contribution is 5.99. The predicted molar refractivity (Wildman–Crippen MR) is 145 cm³/mol. The van der Waals surface area contributed by atoms with Gasteiger partial charge in [-0.15, -0.1) is 10.2 Å². The van der Waals surface area contributed by atoms with Crippen molar-refractivity contribution in [2.24, 2.45) is 0 Å². The largest absolute Gasteiger partial charge is 0.481 e. The number of benzene rings is 2. The van der Waals surface area contributed by atoms with Gasteiger partial charge in [-0.05, 0) is 37.4 Å². The third-order valence-electron chi connectivity index (χ3n) is 6.59. The Bertz CT molecular complexity index is 1550. The molecule has 0 radical (unpaired) electrons. The number of aromatic nitrogens is 4. The molecule has 0 saturated carbocycles. The summed E-state index contributed by atoms with van der Waals surface area (Å²) in [6, 6.07) is 19.7. The molecule has 2 aromatic carbocycles. The van der Waals surface area contributed by atoms with Crippen LogP contribution in [0.4, 0.5) is 17.3 Å². The molecule has 1 saturated heterocycles. The molecule has 6 rings (SSSR count). The highest BCUT2D eigenvalue weighted by Crippen LogP contribution is 2.33. The molecule has 9 heteroatoms. The van der Waals surface area contributed by atoms with Crippen LogP contribution < -0.4 is 19.7 Å². The quantitative estimate of drug-likeness (QED) is 0.356. The van der Waals surface area contributed by atoms with Crippen LogP contribution in [0.1, 0.15) is 0 Å². The van der Waals surface area contributed by atoms with Gasteiger partial charge in [0.15, 0.2) is 11.6 Å². The number of nitrogens with zero attached hydrogens (tertiary/aromatic N) is 6. The molecule has 0 bridgehead atoms. The van der Waals surface area contributed by atoms with E-state index in [0.29, 0.717) is 17.4 Å². The number of rotatable bonds is 6. The van der Waals surface area contributed by atoms with Crippen molar-refractivity contribution < 1.29 is 9.47 Å². The number of methoxy groups -OCH3 is 1. The van der Waals surface area contributed by atoms with E-state index >= 15 is 0 Å². The summed E-state index contributed by atoms with van der Waals surface area (Å²) in [6.45, 7) is 3.93. The minimum atomic E-state index is 0.514. The van der Waals surface area contributed by atoms with E-state index in [4.69, 9.17) is 9.47 Å². The summed E-state index contributed by atoms with van der Waals surface area (Å²) in [6.07, 6.45) is 3.42. The summed E-state index contributed by atoms with van der Waals surface area (Å²) in [7, 11) is 3.73. The highest BCUT2D eigenvalue weighted by Gasteiger charge is 2.19. The van der Waals surface area contributed by atoms with Crippen LogP contribution in [0, 0.1) is 0 Å². The third-order valence-corrected chi connectivity index (χ3v) is 6.59. The van der Waals surface area contributed by atoms with Gasteiger partial charge in [-0.25, -0.2) is 4.98 Å². The lowest BCUT2D eigenvalue weighted by atomic mass is 10.1. The second-order valence-electron chi connectivity index (χ2n) is 9.01. The van der Waals surface area contributed by atoms with E-state index in [0.717, 1.165) is 65.2 Å². The zero-order valence-corrected chi connectivity index (χ0v) is 20.8. The standard InChI is InChI=1S/C28H27N7O2/c1-34-13-15-35(16-14-34)28-22-6-4-3-5-21(22)27(32-33-28)31-19-7-9-20(10-8-19)37-25-11-12-29-24-17-26(36-2)30-18-23(24)25/h3-12,17-18H,13-16H2,1-2H3,(H,31,32). The molecule has 1 N–H and O–H groups in total. The first-order valence-corrected chi connectivity index (χ1v) is 12.2. The van der Waals surface area contributed by atoms with Gasteiger partial charge >= 0.3 is 0 Å². The second kappa shape index (κ2) is 9.87. The average molecular weight is 494 g/mol. The molecule has 9 nitrogen and oxygen atoms in total. The summed E-state index contributed by atoms with van der Waals surface area (Å²) in [5.74, 6) is 3.56. The first-order valence-electron chi connectivity index (χ1n) is 12.2. The Morgan fingerprint density at radius 3 is 2.41 bits per heavy atom. The molecule has 4 heterocycles. The maximum atomic E-state index is 6.15. The van der Waals surface area contributed by atoms with Crippen molar-refractivity contribution >= 4 is 39.0 Å². The molecular weight excluding hydrogens is 466 g/mol. The SMILES string of the molecule is COc1cc2nccc(Oc3ccc(Nc4nnc(N5CCN(C)CC5)c5ccccc45)cc3)c2cn1. The molecular formula is C28H27N7O2. The van der Waals surface area contributed by atoms with Gasteiger partial charge < -0.3 is 24.6 Å². The van der Waals surface area contributed by atoms with Crippen molar-refractivity contribution in [3.05, 3.63) is 73.1 Å². The van der Waals surface area contributed by atoms with Crippen LogP contribution in [0.5, 0.6) is 17.4 Å². The van der Waals surface area contributed by atoms with Crippen molar-refractivity contribution in [1.82, 2.24) is 25.1 Å². The Morgan fingerprint density at radius 1 is 0.838 bits per heavy atom. The Labute approximate surface area is 214 Å². The van der Waals surface area contributed by atoms with Crippen LogP contribution in [0.15, 0.2) is 73.1 Å². The number of likely N-dealkylation sites (N-methyl/N-ethyl adjacent to an activating group) is 1. The van der Waals surface area contributed by atoms with E-state index in [-0.39, 0.29) is 0 Å². The smallest absolute Gasteiger partial charge is 0.215 e. The normalized spacial score (nSPS) is 14.2. The second-order valence-corrected chi connectivity index (χ2v) is 9.01. The van der Waals surface area contributed by atoms with Gasteiger partial charge in [0, 0.05) is 61.1 Å². The van der Waals surface area contributed by atoms with E-state index in [9.17, 15) is 0 Å². The monoisotopic (exact) mass is 493 g/mol. The van der Waals surface area contributed by atoms with Crippen molar-refractivity contribution in [2.45, 2.75) is 0 Å². The minimum Gasteiger partial charge on any atom is -0.481 e. The van der Waals surface area contributed by atoms with E-state index in [2.05, 4.69) is 54.5 Å². The number of pyridine rings is 2. The molecule has 37 heavy (non-hydrogen) atoms. The van der Waals surface area contributed by atoms with Crippen molar-refractivity contribution in [2.75, 3.05) is 50.6 Å². The summed E-state index contributed by atoms with van der Waals surface area (Å²) >= 11 is 0. The lowest BCUT2D eigenvalue weighted by molar-refractivity contribution is 0.312. The van der Waals surface area contributed by atoms with Crippen LogP contribution in [-0.4, -0.2) is 65.4 Å². The lowest BCUT2D eigenvalue weighted by Gasteiger charge is -2.33. The van der Waals surface area contributed by atoms with Gasteiger partial charge in [0.2, 0.25) is 5.88 Å². The molecule has 1 aliphatic heterocycles. The van der Waals surface area contributed by atoms with Crippen LogP contribution in [0.2, 0.25) is 0 Å². The van der Waals surface area contributed by atoms with Crippen molar-refractivity contribution in [3.63, 3.8) is 0 Å². The Balaban J connectivity index is 1.22. The fourth-order valence-electron chi connectivity index (χ4n) is 4.50. The lowest BCUT2D eigenvalue weighted by Crippen LogP contribution is -2.45. The summed E-state index contributed by atoms with van der Waals surface area (Å²) in [5.41, 5.74) is 1.65. The number of anilines is 3. The van der Waals surface area contributed by atoms with Crippen LogP contribution >= 0.6 is 0 Å². The van der Waals surface area contributed by atoms with E-state index < -0.39 is 0 Å². The number of fused-ring (bicyclic) bond motifs is 2. The zero-order chi connectivity index (χ0) is 25.2. The molecule has 0 atom stereocenters. The topological polar surface area (TPSA) is 88.5 Å². The average Bonchev–Trinajstić information content (AvgIpc) is 2.95. The van der Waals surface area contributed by atoms with Gasteiger partial charge in [-0.2, -0.15) is 0 Å². The number of hydrogen-bond donors (Lipinski definition) is 1. The van der Waals surface area contributed by atoms with E-state index in [1.807, 2.05) is 42.5 Å². The van der Waals surface area contributed by atoms with Crippen molar-refractivity contribution in [1.29, 1.82) is 0 Å². The molecule has 0 spiro atoms. The molecule has 5 aromatic rings. The molecule has 1 fully saturated rings. The van der Waals surface area contributed by atoms with Crippen LogP contribution in [-0.2, 0) is 0 Å². The Kier molecular flexibility index (Phi) is 6.11. The fraction of sp³-hybridized carbons (Fsp3) is 0.214. The maximum absolute atomic E-state index is 6.15. The molecule has 1 aliphatic rings. The van der Waals surface area contributed by atoms with Gasteiger partial charge in [0.25, 0.3) is 0 Å². The summed E-state index contributed by atoms with van der Waals surface area (Å²) in [4.78, 5) is 13.3. The molecule has 0 aliphatic carbocycles. The van der Waals surface area contributed by atoms with Crippen LogP contribution in [0.3, 0.4) is 0 Å². The first-order chi connectivity index (χ1) is 18.2. The number of hydrogen-bond acceptors (Lipinski definition) is 9. The van der Waals surface area contributed by atoms with Gasteiger partial charge in [-0.3, -0.25) is 4.98 Å².